The standard InChI is InChI=1S/C9H12N2O4.C8H10N2O4.C8H9NO6/c10-7(11)2-1-4-5(12)3-6(13)9(15)8(4)14;9-5(10)2-3-1-4(11)7(13)8(14)6(3)12;9-3(10)1-2-4(11)6(13)8(15)7(14)5(2)12/h3,12-15H,1-2H2,(H3,10,11);1,11-14H,2H2,(H3,9,10);11-15H,1H2,(H2,9,10). The number of hydrogen-bond acceptors (Lipinski definition) is 16. The van der Waals surface area contributed by atoms with E-state index in [-0.39, 0.29) is 47.8 Å². The van der Waals surface area contributed by atoms with Crippen molar-refractivity contribution >= 4 is 17.6 Å². The summed E-state index contributed by atoms with van der Waals surface area (Å²) in [5, 5.41) is 133. The topological polar surface area (TPSA) is 406 Å². The highest BCUT2D eigenvalue weighted by Crippen LogP contribution is 2.50. The van der Waals surface area contributed by atoms with E-state index in [1.54, 1.807) is 0 Å². The van der Waals surface area contributed by atoms with E-state index in [0.717, 1.165) is 12.1 Å². The third-order valence-corrected chi connectivity index (χ3v) is 5.49. The van der Waals surface area contributed by atoms with Crippen LogP contribution in [0.15, 0.2) is 12.1 Å². The van der Waals surface area contributed by atoms with Crippen molar-refractivity contribution in [3.63, 3.8) is 0 Å². The fourth-order valence-corrected chi connectivity index (χ4v) is 3.28. The van der Waals surface area contributed by atoms with E-state index in [1.807, 2.05) is 0 Å². The minimum atomic E-state index is -1.07. The molecule has 0 spiro atoms. The first-order chi connectivity index (χ1) is 20.2. The molecule has 0 aromatic heterocycles. The van der Waals surface area contributed by atoms with Crippen molar-refractivity contribution in [2.75, 3.05) is 0 Å². The average molecular weight is 626 g/mol. The minimum absolute atomic E-state index is 0.0560. The van der Waals surface area contributed by atoms with Crippen LogP contribution in [0.1, 0.15) is 23.1 Å². The van der Waals surface area contributed by atoms with Gasteiger partial charge >= 0.3 is 0 Å². The number of hydrogen-bond donors (Lipinski definition) is 18. The van der Waals surface area contributed by atoms with Gasteiger partial charge in [0.2, 0.25) is 40.4 Å². The van der Waals surface area contributed by atoms with Crippen LogP contribution in [-0.2, 0) is 24.1 Å². The summed E-state index contributed by atoms with van der Waals surface area (Å²) in [4.78, 5) is 10.6. The molecule has 0 radical (unpaired) electrons. The van der Waals surface area contributed by atoms with Crippen LogP contribution in [0.25, 0.3) is 0 Å². The Labute approximate surface area is 246 Å². The number of phenolic OH excluding ortho intramolecular Hbond substituents is 13. The summed E-state index contributed by atoms with van der Waals surface area (Å²) in [6.45, 7) is 0. The normalized spacial score (nSPS) is 10.1. The molecule has 0 aliphatic rings. The van der Waals surface area contributed by atoms with E-state index in [2.05, 4.69) is 0 Å². The maximum atomic E-state index is 10.6. The molecular weight excluding hydrogens is 594 g/mol. The van der Waals surface area contributed by atoms with Gasteiger partial charge in [-0.15, -0.1) is 0 Å². The highest BCUT2D eigenvalue weighted by molar-refractivity contribution is 5.82. The van der Waals surface area contributed by atoms with E-state index < -0.39 is 86.9 Å². The molecule has 0 fully saturated rings. The number of nitrogens with two attached hydrogens (primary N) is 3. The first-order valence-electron chi connectivity index (χ1n) is 11.8. The molecule has 0 aliphatic heterocycles. The number of aromatic hydroxyl groups is 13. The third-order valence-electron chi connectivity index (χ3n) is 5.49. The molecule has 0 unspecified atom stereocenters. The number of rotatable bonds is 7. The van der Waals surface area contributed by atoms with Gasteiger partial charge in [0.05, 0.1) is 23.7 Å². The largest absolute Gasteiger partial charge is 0.507 e. The van der Waals surface area contributed by atoms with Gasteiger partial charge in [-0.3, -0.25) is 15.6 Å². The zero-order valence-electron chi connectivity index (χ0n) is 22.4. The van der Waals surface area contributed by atoms with E-state index >= 15 is 0 Å². The summed E-state index contributed by atoms with van der Waals surface area (Å²) in [6.07, 6.45) is -0.446. The molecule has 3 aromatic rings. The van der Waals surface area contributed by atoms with Gasteiger partial charge in [-0.05, 0) is 12.5 Å². The molecule has 19 nitrogen and oxygen atoms in total. The molecule has 3 rings (SSSR count). The maximum absolute atomic E-state index is 10.6. The molecule has 44 heavy (non-hydrogen) atoms. The Hall–Kier alpha value is -6.53. The van der Waals surface area contributed by atoms with Crippen LogP contribution in [0.5, 0.6) is 74.7 Å². The van der Waals surface area contributed by atoms with Crippen molar-refractivity contribution in [2.45, 2.75) is 25.7 Å². The summed E-state index contributed by atoms with van der Waals surface area (Å²) >= 11 is 0. The minimum Gasteiger partial charge on any atom is -0.507 e. The lowest BCUT2D eigenvalue weighted by molar-refractivity contribution is -0.117. The van der Waals surface area contributed by atoms with Gasteiger partial charge in [0.25, 0.3) is 0 Å². The van der Waals surface area contributed by atoms with Crippen molar-refractivity contribution in [1.29, 1.82) is 10.8 Å². The fraction of sp³-hybridized carbons (Fsp3) is 0.160. The van der Waals surface area contributed by atoms with E-state index in [4.69, 9.17) is 63.8 Å². The van der Waals surface area contributed by atoms with Crippen molar-refractivity contribution in [2.24, 2.45) is 17.2 Å². The van der Waals surface area contributed by atoms with E-state index in [0.29, 0.717) is 0 Å². The molecule has 21 N–H and O–H groups in total. The van der Waals surface area contributed by atoms with E-state index in [1.165, 1.54) is 0 Å². The molecule has 0 aliphatic carbocycles. The van der Waals surface area contributed by atoms with Crippen LogP contribution < -0.4 is 17.2 Å². The molecule has 0 saturated carbocycles. The number of carbonyl (C=O) groups excluding carboxylic acids is 1. The number of nitrogens with one attached hydrogen (secondary N) is 2. The Morgan fingerprint density at radius 2 is 0.909 bits per heavy atom. The van der Waals surface area contributed by atoms with Gasteiger partial charge in [-0.1, -0.05) is 0 Å². The zero-order chi connectivity index (χ0) is 34.2. The summed E-state index contributed by atoms with van der Waals surface area (Å²) < 4.78 is 0. The van der Waals surface area contributed by atoms with Gasteiger partial charge < -0.3 is 83.6 Å². The first-order valence-corrected chi connectivity index (χ1v) is 11.8. The predicted molar refractivity (Wildman–Crippen MR) is 150 cm³/mol. The molecule has 19 heteroatoms. The predicted octanol–water partition coefficient (Wildman–Crippen LogP) is -0.393. The summed E-state index contributed by atoms with van der Waals surface area (Å²) in [5.74, 6) is -11.1. The van der Waals surface area contributed by atoms with Crippen LogP contribution in [0.2, 0.25) is 0 Å². The number of amides is 1. The Balaban J connectivity index is 0.000000330. The Morgan fingerprint density at radius 1 is 0.500 bits per heavy atom. The SMILES string of the molecule is N=C(N)CCc1c(O)cc(O)c(O)c1O.N=C(N)Cc1cc(O)c(O)c(O)c1O.NC(=O)Cc1c(O)c(O)c(O)c(O)c1O. The van der Waals surface area contributed by atoms with Crippen molar-refractivity contribution in [3.8, 4) is 74.7 Å². The van der Waals surface area contributed by atoms with Crippen molar-refractivity contribution in [1.82, 2.24) is 0 Å². The summed E-state index contributed by atoms with van der Waals surface area (Å²) in [6, 6.07) is 1.95. The number of amidine groups is 2. The van der Waals surface area contributed by atoms with Crippen LogP contribution in [0, 0.1) is 10.8 Å². The molecule has 0 atom stereocenters. The Bertz CT molecular complexity index is 1560. The van der Waals surface area contributed by atoms with Crippen LogP contribution in [0.4, 0.5) is 0 Å². The monoisotopic (exact) mass is 625 g/mol. The van der Waals surface area contributed by atoms with Gasteiger partial charge in [0.1, 0.15) is 5.75 Å². The first kappa shape index (κ1) is 35.5. The number of carbonyl (C=O) groups is 1. The van der Waals surface area contributed by atoms with Gasteiger partial charge in [-0.25, -0.2) is 0 Å². The third kappa shape index (κ3) is 8.49. The molecular formula is C25H31N5O14. The average Bonchev–Trinajstić information content (AvgIpc) is 2.94. The van der Waals surface area contributed by atoms with Crippen LogP contribution >= 0.6 is 0 Å². The Kier molecular flexibility index (Phi) is 11.6. The molecule has 240 valence electrons. The number of primary amides is 1. The van der Waals surface area contributed by atoms with Crippen molar-refractivity contribution < 1.29 is 71.2 Å². The highest BCUT2D eigenvalue weighted by Gasteiger charge is 2.24. The second-order valence-electron chi connectivity index (χ2n) is 8.78. The molecule has 1 amide bonds. The fourth-order valence-electron chi connectivity index (χ4n) is 3.28. The molecule has 0 bridgehead atoms. The van der Waals surface area contributed by atoms with Gasteiger partial charge in [0, 0.05) is 30.0 Å². The van der Waals surface area contributed by atoms with Crippen LogP contribution in [0.3, 0.4) is 0 Å². The van der Waals surface area contributed by atoms with Crippen LogP contribution in [-0.4, -0.2) is 84.0 Å². The lowest BCUT2D eigenvalue weighted by Crippen LogP contribution is -2.13. The number of phenols is 13. The molecule has 0 saturated heterocycles. The maximum Gasteiger partial charge on any atom is 0.222 e. The lowest BCUT2D eigenvalue weighted by Gasteiger charge is -2.10. The molecule has 0 heterocycles. The zero-order valence-corrected chi connectivity index (χ0v) is 22.4. The summed E-state index contributed by atoms with van der Waals surface area (Å²) in [7, 11) is 0. The van der Waals surface area contributed by atoms with Crippen molar-refractivity contribution in [3.05, 3.63) is 28.8 Å². The lowest BCUT2D eigenvalue weighted by atomic mass is 10.1. The second kappa shape index (κ2) is 14.4. The quantitative estimate of drug-likeness (QED) is 0.0687. The second-order valence-corrected chi connectivity index (χ2v) is 8.78. The van der Waals surface area contributed by atoms with Gasteiger partial charge in [-0.2, -0.15) is 0 Å². The molecule has 3 aromatic carbocycles. The highest BCUT2D eigenvalue weighted by atomic mass is 16.4. The van der Waals surface area contributed by atoms with E-state index in [9.17, 15) is 35.4 Å². The Morgan fingerprint density at radius 3 is 1.36 bits per heavy atom. The number of benzene rings is 3. The van der Waals surface area contributed by atoms with Gasteiger partial charge in [0.15, 0.2) is 34.5 Å². The smallest absolute Gasteiger partial charge is 0.222 e. The summed E-state index contributed by atoms with van der Waals surface area (Å²) in [5.41, 5.74) is 14.7.